The van der Waals surface area contributed by atoms with Gasteiger partial charge in [0.05, 0.1) is 6.54 Å². The van der Waals surface area contributed by atoms with Gasteiger partial charge in [0.15, 0.2) is 0 Å². The summed E-state index contributed by atoms with van der Waals surface area (Å²) < 4.78 is 0. The summed E-state index contributed by atoms with van der Waals surface area (Å²) in [5, 5.41) is 9.99. The van der Waals surface area contributed by atoms with Crippen molar-refractivity contribution in [3.8, 4) is 0 Å². The molecule has 20 heavy (non-hydrogen) atoms. The normalized spacial score (nSPS) is 41.0. The third kappa shape index (κ3) is 3.01. The molecule has 5 unspecified atom stereocenters. The lowest BCUT2D eigenvalue weighted by Gasteiger charge is -2.29. The molecule has 0 aromatic heterocycles. The van der Waals surface area contributed by atoms with E-state index in [-0.39, 0.29) is 11.4 Å². The van der Waals surface area contributed by atoms with Crippen LogP contribution in [0.2, 0.25) is 0 Å². The van der Waals surface area contributed by atoms with Crippen LogP contribution in [0.5, 0.6) is 0 Å². The fraction of sp³-hybridized carbons (Fsp3) is 0.938. The van der Waals surface area contributed by atoms with E-state index in [4.69, 9.17) is 0 Å². The molecule has 1 amide bonds. The van der Waals surface area contributed by atoms with Crippen molar-refractivity contribution in [3.63, 3.8) is 0 Å². The Morgan fingerprint density at radius 1 is 1.40 bits per heavy atom. The first-order valence-corrected chi connectivity index (χ1v) is 8.31. The highest BCUT2D eigenvalue weighted by atomic mass is 16.2. The Morgan fingerprint density at radius 3 is 2.85 bits per heavy atom. The molecule has 2 aliphatic carbocycles. The Hall–Kier alpha value is -0.610. The van der Waals surface area contributed by atoms with Gasteiger partial charge in [0, 0.05) is 18.1 Å². The number of carbonyl (C=O) groups excluding carboxylic acids is 1. The predicted octanol–water partition coefficient (Wildman–Crippen LogP) is 1.27. The smallest absolute Gasteiger partial charge is 0.234 e. The summed E-state index contributed by atoms with van der Waals surface area (Å²) in [5.74, 6) is 2.71. The van der Waals surface area contributed by atoms with Gasteiger partial charge in [-0.25, -0.2) is 0 Å². The Labute approximate surface area is 122 Å². The lowest BCUT2D eigenvalue weighted by Crippen LogP contribution is -2.50. The first kappa shape index (κ1) is 14.3. The molecule has 0 aromatic rings. The molecule has 0 spiro atoms. The van der Waals surface area contributed by atoms with Gasteiger partial charge >= 0.3 is 0 Å². The van der Waals surface area contributed by atoms with Crippen LogP contribution in [0.1, 0.15) is 46.0 Å². The van der Waals surface area contributed by atoms with Crippen molar-refractivity contribution in [1.82, 2.24) is 16.0 Å². The summed E-state index contributed by atoms with van der Waals surface area (Å²) in [4.78, 5) is 12.1. The fourth-order valence-electron chi connectivity index (χ4n) is 4.58. The van der Waals surface area contributed by atoms with Crippen LogP contribution in [0.3, 0.4) is 0 Å². The van der Waals surface area contributed by atoms with Crippen LogP contribution in [0.25, 0.3) is 0 Å². The molecule has 3 aliphatic rings. The van der Waals surface area contributed by atoms with E-state index in [0.717, 1.165) is 37.3 Å². The van der Waals surface area contributed by atoms with Crippen molar-refractivity contribution in [2.75, 3.05) is 19.6 Å². The molecular formula is C16H29N3O. The second kappa shape index (κ2) is 5.64. The highest BCUT2D eigenvalue weighted by Crippen LogP contribution is 2.49. The van der Waals surface area contributed by atoms with E-state index in [0.29, 0.717) is 12.6 Å². The van der Waals surface area contributed by atoms with Crippen LogP contribution in [-0.4, -0.2) is 37.1 Å². The third-order valence-electron chi connectivity index (χ3n) is 5.87. The highest BCUT2D eigenvalue weighted by molar-refractivity contribution is 5.78. The maximum absolute atomic E-state index is 12.1. The second-order valence-electron chi connectivity index (χ2n) is 7.54. The Balaban J connectivity index is 1.42. The van der Waals surface area contributed by atoms with Gasteiger partial charge in [0.25, 0.3) is 0 Å². The number of hydrogen-bond acceptors (Lipinski definition) is 3. The van der Waals surface area contributed by atoms with Crippen molar-refractivity contribution in [2.45, 2.75) is 57.5 Å². The Kier molecular flexibility index (Phi) is 4.04. The zero-order chi connectivity index (χ0) is 14.2. The van der Waals surface area contributed by atoms with E-state index in [1.54, 1.807) is 0 Å². The number of fused-ring (bicyclic) bond motifs is 2. The van der Waals surface area contributed by atoms with Gasteiger partial charge in [-0.05, 0) is 63.8 Å². The molecule has 1 aliphatic heterocycles. The topological polar surface area (TPSA) is 53.2 Å². The van der Waals surface area contributed by atoms with Crippen LogP contribution < -0.4 is 16.0 Å². The lowest BCUT2D eigenvalue weighted by atomic mass is 9.84. The van der Waals surface area contributed by atoms with Crippen molar-refractivity contribution in [3.05, 3.63) is 0 Å². The van der Waals surface area contributed by atoms with Gasteiger partial charge < -0.3 is 16.0 Å². The van der Waals surface area contributed by atoms with Crippen molar-refractivity contribution >= 4 is 5.91 Å². The van der Waals surface area contributed by atoms with E-state index in [9.17, 15) is 4.79 Å². The molecule has 3 fully saturated rings. The third-order valence-corrected chi connectivity index (χ3v) is 5.87. The molecular weight excluding hydrogens is 250 g/mol. The zero-order valence-corrected chi connectivity index (χ0v) is 12.9. The summed E-state index contributed by atoms with van der Waals surface area (Å²) in [6.45, 7) is 6.85. The number of hydrogen-bond donors (Lipinski definition) is 3. The van der Waals surface area contributed by atoms with Gasteiger partial charge in [-0.3, -0.25) is 4.79 Å². The average molecular weight is 279 g/mol. The standard InChI is InChI=1S/C16H29N3O/c1-11(14-8-12-3-4-13(14)7-12)19-15(20)9-18-16(2)5-6-17-10-16/h11-14,17-18H,3-10H2,1-2H3,(H,19,20). The molecule has 3 N–H and O–H groups in total. The molecule has 114 valence electrons. The molecule has 2 bridgehead atoms. The largest absolute Gasteiger partial charge is 0.352 e. The summed E-state index contributed by atoms with van der Waals surface area (Å²) in [5.41, 5.74) is 0.0903. The van der Waals surface area contributed by atoms with Crippen molar-refractivity contribution < 1.29 is 4.79 Å². The zero-order valence-electron chi connectivity index (χ0n) is 12.9. The molecule has 1 saturated heterocycles. The summed E-state index contributed by atoms with van der Waals surface area (Å²) in [6, 6.07) is 0.342. The van der Waals surface area contributed by atoms with E-state index in [2.05, 4.69) is 29.8 Å². The number of rotatable bonds is 5. The lowest BCUT2D eigenvalue weighted by molar-refractivity contribution is -0.121. The summed E-state index contributed by atoms with van der Waals surface area (Å²) in [7, 11) is 0. The maximum Gasteiger partial charge on any atom is 0.234 e. The number of amides is 1. The molecule has 5 atom stereocenters. The second-order valence-corrected chi connectivity index (χ2v) is 7.54. The SMILES string of the molecule is CC(NC(=O)CNC1(C)CCNC1)C1CC2CCC1C2. The maximum atomic E-state index is 12.1. The Bertz CT molecular complexity index is 365. The van der Waals surface area contributed by atoms with Crippen LogP contribution in [-0.2, 0) is 4.79 Å². The van der Waals surface area contributed by atoms with E-state index in [1.807, 2.05) is 0 Å². The number of nitrogens with one attached hydrogen (secondary N) is 3. The first-order chi connectivity index (χ1) is 9.56. The average Bonchev–Trinajstić information content (AvgIpc) is 3.12. The van der Waals surface area contributed by atoms with Gasteiger partial charge in [-0.1, -0.05) is 6.42 Å². The molecule has 0 aromatic carbocycles. The molecule has 2 saturated carbocycles. The van der Waals surface area contributed by atoms with E-state index < -0.39 is 0 Å². The fourth-order valence-corrected chi connectivity index (χ4v) is 4.58. The van der Waals surface area contributed by atoms with Crippen LogP contribution >= 0.6 is 0 Å². The molecule has 0 radical (unpaired) electrons. The van der Waals surface area contributed by atoms with Crippen LogP contribution in [0, 0.1) is 17.8 Å². The summed E-state index contributed by atoms with van der Waals surface area (Å²) in [6.07, 6.45) is 6.66. The minimum Gasteiger partial charge on any atom is -0.352 e. The van der Waals surface area contributed by atoms with Crippen molar-refractivity contribution in [1.29, 1.82) is 0 Å². The van der Waals surface area contributed by atoms with Crippen LogP contribution in [0.15, 0.2) is 0 Å². The van der Waals surface area contributed by atoms with E-state index in [1.165, 1.54) is 25.7 Å². The molecule has 1 heterocycles. The van der Waals surface area contributed by atoms with Crippen molar-refractivity contribution in [2.24, 2.45) is 17.8 Å². The monoisotopic (exact) mass is 279 g/mol. The van der Waals surface area contributed by atoms with Gasteiger partial charge in [-0.2, -0.15) is 0 Å². The molecule has 3 rings (SSSR count). The minimum absolute atomic E-state index is 0.0903. The minimum atomic E-state index is 0.0903. The first-order valence-electron chi connectivity index (χ1n) is 8.31. The quantitative estimate of drug-likeness (QED) is 0.710. The predicted molar refractivity (Wildman–Crippen MR) is 80.4 cm³/mol. The van der Waals surface area contributed by atoms with Gasteiger partial charge in [0.1, 0.15) is 0 Å². The molecule has 4 nitrogen and oxygen atoms in total. The van der Waals surface area contributed by atoms with Crippen LogP contribution in [0.4, 0.5) is 0 Å². The molecule has 4 heteroatoms. The number of carbonyl (C=O) groups is 1. The Morgan fingerprint density at radius 2 is 2.25 bits per heavy atom. The highest BCUT2D eigenvalue weighted by Gasteiger charge is 2.42. The van der Waals surface area contributed by atoms with E-state index >= 15 is 0 Å². The summed E-state index contributed by atoms with van der Waals surface area (Å²) >= 11 is 0. The van der Waals surface area contributed by atoms with Gasteiger partial charge in [-0.15, -0.1) is 0 Å². The van der Waals surface area contributed by atoms with Gasteiger partial charge in [0.2, 0.25) is 5.91 Å².